The van der Waals surface area contributed by atoms with E-state index in [1.165, 1.54) is 0 Å². The monoisotopic (exact) mass is 472 g/mol. The van der Waals surface area contributed by atoms with Crippen LogP contribution in [0, 0.1) is 0 Å². The number of benzene rings is 1. The van der Waals surface area contributed by atoms with E-state index in [0.717, 1.165) is 24.2 Å². The van der Waals surface area contributed by atoms with Crippen molar-refractivity contribution in [3.63, 3.8) is 0 Å². The van der Waals surface area contributed by atoms with Gasteiger partial charge in [-0.15, -0.1) is 11.8 Å². The third-order valence-electron chi connectivity index (χ3n) is 6.43. The highest BCUT2D eigenvalue weighted by molar-refractivity contribution is 8.00. The zero-order chi connectivity index (χ0) is 23.5. The van der Waals surface area contributed by atoms with Gasteiger partial charge in [0.05, 0.1) is 17.1 Å². The molecule has 3 aliphatic heterocycles. The first-order chi connectivity index (χ1) is 15.9. The lowest BCUT2D eigenvalue weighted by Gasteiger charge is -2.31. The fourth-order valence-corrected chi connectivity index (χ4v) is 5.96. The molecule has 0 spiro atoms. The van der Waals surface area contributed by atoms with Crippen LogP contribution in [0.2, 0.25) is 0 Å². The summed E-state index contributed by atoms with van der Waals surface area (Å²) < 4.78 is 0. The first-order valence-corrected chi connectivity index (χ1v) is 12.5. The predicted molar refractivity (Wildman–Crippen MR) is 130 cm³/mol. The Bertz CT molecular complexity index is 926. The van der Waals surface area contributed by atoms with E-state index in [-0.39, 0.29) is 29.3 Å². The number of para-hydroxylation sites is 1. The van der Waals surface area contributed by atoms with Gasteiger partial charge in [0.1, 0.15) is 18.2 Å². The molecule has 3 heterocycles. The van der Waals surface area contributed by atoms with Crippen LogP contribution in [0.5, 0.6) is 0 Å². The molecule has 3 N–H and O–H groups in total. The number of hydrazone groups is 1. The quantitative estimate of drug-likeness (QED) is 0.576. The Morgan fingerprint density at radius 3 is 2.67 bits per heavy atom. The Kier molecular flexibility index (Phi) is 7.23. The lowest BCUT2D eigenvalue weighted by atomic mass is 10.1. The average Bonchev–Trinajstić information content (AvgIpc) is 3.37. The number of thioether (sulfide) groups is 1. The van der Waals surface area contributed by atoms with Crippen LogP contribution in [0.4, 0.5) is 5.69 Å². The van der Waals surface area contributed by atoms with Crippen LogP contribution in [0.3, 0.4) is 0 Å². The van der Waals surface area contributed by atoms with Crippen molar-refractivity contribution in [1.82, 2.24) is 20.9 Å². The molecular weight excluding hydrogens is 440 g/mol. The van der Waals surface area contributed by atoms with Crippen LogP contribution in [-0.2, 0) is 14.4 Å². The van der Waals surface area contributed by atoms with E-state index in [2.05, 4.69) is 21.1 Å². The molecule has 3 amide bonds. The molecule has 0 radical (unpaired) electrons. The fraction of sp³-hybridized carbons (Fsp3) is 0.565. The second kappa shape index (κ2) is 10.1. The summed E-state index contributed by atoms with van der Waals surface area (Å²) in [6.07, 6.45) is 2.55. The van der Waals surface area contributed by atoms with Crippen molar-refractivity contribution < 1.29 is 14.4 Å². The lowest BCUT2D eigenvalue weighted by Crippen LogP contribution is -2.58. The standard InChI is InChI=1S/C23H32N6O3S/c1-14-12-19(29(27-14)16-8-5-4-6-9-16)26-22(31)18-13-33-20-11-7-10-17(23(32)28(18)20)25-21(30)15(2)24-3/h4-6,8-9,15,17-20,24H,7,10-13H2,1-3H3,(H,25,30)(H,26,31)/t15-,17?,18-,19?,20+/m0/s1. The summed E-state index contributed by atoms with van der Waals surface area (Å²) in [6.45, 7) is 3.70. The summed E-state index contributed by atoms with van der Waals surface area (Å²) in [4.78, 5) is 40.9. The highest BCUT2D eigenvalue weighted by atomic mass is 32.2. The maximum absolute atomic E-state index is 13.4. The van der Waals surface area contributed by atoms with E-state index in [1.54, 1.807) is 30.6 Å². The van der Waals surface area contributed by atoms with Crippen molar-refractivity contribution in [3.8, 4) is 0 Å². The Labute approximate surface area is 198 Å². The molecule has 0 saturated carbocycles. The molecule has 2 unspecified atom stereocenters. The topological polar surface area (TPSA) is 106 Å². The van der Waals surface area contributed by atoms with Crippen LogP contribution >= 0.6 is 11.8 Å². The number of amides is 3. The summed E-state index contributed by atoms with van der Waals surface area (Å²) in [7, 11) is 1.71. The maximum atomic E-state index is 13.4. The minimum atomic E-state index is -0.606. The van der Waals surface area contributed by atoms with Gasteiger partial charge >= 0.3 is 0 Å². The first-order valence-electron chi connectivity index (χ1n) is 11.5. The molecule has 1 aromatic rings. The summed E-state index contributed by atoms with van der Waals surface area (Å²) in [6, 6.07) is 8.18. The number of carbonyl (C=O) groups excluding carboxylic acids is 3. The van der Waals surface area contributed by atoms with Crippen LogP contribution in [0.25, 0.3) is 0 Å². The zero-order valence-electron chi connectivity index (χ0n) is 19.3. The number of nitrogens with zero attached hydrogens (tertiary/aromatic N) is 3. The maximum Gasteiger partial charge on any atom is 0.246 e. The highest BCUT2D eigenvalue weighted by Crippen LogP contribution is 2.36. The predicted octanol–water partition coefficient (Wildman–Crippen LogP) is 1.26. The Morgan fingerprint density at radius 1 is 1.18 bits per heavy atom. The van der Waals surface area contributed by atoms with Crippen LogP contribution in [0.1, 0.15) is 39.5 Å². The van der Waals surface area contributed by atoms with Crippen molar-refractivity contribution in [3.05, 3.63) is 30.3 Å². The molecule has 10 heteroatoms. The summed E-state index contributed by atoms with van der Waals surface area (Å²) in [5.74, 6) is -0.00433. The van der Waals surface area contributed by atoms with Gasteiger partial charge in [-0.25, -0.2) is 5.01 Å². The summed E-state index contributed by atoms with van der Waals surface area (Å²) in [5.41, 5.74) is 1.85. The number of rotatable bonds is 6. The average molecular weight is 473 g/mol. The SMILES string of the molecule is CN[C@@H](C)C(=O)NC1CCC[C@H]2SC[C@@H](C(=O)NC3CC(C)=NN3c3ccccc3)N2C1=O. The third kappa shape index (κ3) is 5.01. The van der Waals surface area contributed by atoms with E-state index < -0.39 is 18.1 Å². The van der Waals surface area contributed by atoms with E-state index in [1.807, 2.05) is 42.3 Å². The van der Waals surface area contributed by atoms with Crippen molar-refractivity contribution >= 4 is 40.9 Å². The smallest absolute Gasteiger partial charge is 0.246 e. The van der Waals surface area contributed by atoms with Crippen LogP contribution in [-0.4, -0.2) is 70.8 Å². The minimum Gasteiger partial charge on any atom is -0.343 e. The van der Waals surface area contributed by atoms with E-state index in [4.69, 9.17) is 0 Å². The van der Waals surface area contributed by atoms with Crippen molar-refractivity contribution in [2.75, 3.05) is 17.8 Å². The molecule has 1 aromatic carbocycles. The largest absolute Gasteiger partial charge is 0.343 e. The molecule has 0 bridgehead atoms. The zero-order valence-corrected chi connectivity index (χ0v) is 20.1. The van der Waals surface area contributed by atoms with E-state index in [9.17, 15) is 14.4 Å². The molecule has 0 aliphatic carbocycles. The van der Waals surface area contributed by atoms with Crippen LogP contribution < -0.4 is 21.0 Å². The van der Waals surface area contributed by atoms with Gasteiger partial charge in [-0.1, -0.05) is 18.2 Å². The van der Waals surface area contributed by atoms with Crippen molar-refractivity contribution in [2.24, 2.45) is 5.10 Å². The normalized spacial score (nSPS) is 28.1. The summed E-state index contributed by atoms with van der Waals surface area (Å²) >= 11 is 1.64. The Morgan fingerprint density at radius 2 is 1.94 bits per heavy atom. The van der Waals surface area contributed by atoms with Crippen LogP contribution in [0.15, 0.2) is 35.4 Å². The number of anilines is 1. The third-order valence-corrected chi connectivity index (χ3v) is 7.78. The Hall–Kier alpha value is -2.59. The molecule has 2 fully saturated rings. The summed E-state index contributed by atoms with van der Waals surface area (Å²) in [5, 5.41) is 15.3. The second-order valence-corrected chi connectivity index (χ2v) is 10.0. The molecular formula is C23H32N6O3S. The van der Waals surface area contributed by atoms with Gasteiger partial charge in [-0.2, -0.15) is 5.10 Å². The highest BCUT2D eigenvalue weighted by Gasteiger charge is 2.46. The van der Waals surface area contributed by atoms with Gasteiger partial charge in [0.15, 0.2) is 0 Å². The van der Waals surface area contributed by atoms with Crippen molar-refractivity contribution in [2.45, 2.75) is 69.2 Å². The number of carbonyl (C=O) groups is 3. The molecule has 5 atom stereocenters. The fourth-order valence-electron chi connectivity index (χ4n) is 4.50. The van der Waals surface area contributed by atoms with Gasteiger partial charge < -0.3 is 20.9 Å². The van der Waals surface area contributed by atoms with E-state index in [0.29, 0.717) is 18.6 Å². The van der Waals surface area contributed by atoms with Gasteiger partial charge in [-0.05, 0) is 52.3 Å². The van der Waals surface area contributed by atoms with Gasteiger partial charge in [0.2, 0.25) is 17.7 Å². The number of fused-ring (bicyclic) bond motifs is 1. The van der Waals surface area contributed by atoms with Gasteiger partial charge in [-0.3, -0.25) is 14.4 Å². The molecule has 178 valence electrons. The number of hydrogen-bond donors (Lipinski definition) is 3. The molecule has 0 aromatic heterocycles. The lowest BCUT2D eigenvalue weighted by molar-refractivity contribution is -0.142. The molecule has 3 aliphatic rings. The van der Waals surface area contributed by atoms with E-state index >= 15 is 0 Å². The number of hydrogen-bond acceptors (Lipinski definition) is 7. The Balaban J connectivity index is 1.47. The molecule has 2 saturated heterocycles. The van der Waals surface area contributed by atoms with Crippen molar-refractivity contribution in [1.29, 1.82) is 0 Å². The molecule has 4 rings (SSSR count). The second-order valence-electron chi connectivity index (χ2n) is 8.80. The minimum absolute atomic E-state index is 0.0383. The molecule has 9 nitrogen and oxygen atoms in total. The first kappa shape index (κ1) is 23.6. The van der Waals surface area contributed by atoms with Gasteiger partial charge in [0.25, 0.3) is 0 Å². The number of likely N-dealkylation sites (N-methyl/N-ethyl adjacent to an activating group) is 1. The van der Waals surface area contributed by atoms with Gasteiger partial charge in [0, 0.05) is 17.9 Å². The molecule has 33 heavy (non-hydrogen) atoms. The number of nitrogens with one attached hydrogen (secondary N) is 3.